The van der Waals surface area contributed by atoms with Gasteiger partial charge in [0.05, 0.1) is 12.3 Å². The summed E-state index contributed by atoms with van der Waals surface area (Å²) in [4.78, 5) is 24.1. The lowest BCUT2D eigenvalue weighted by Gasteiger charge is -2.23. The van der Waals surface area contributed by atoms with Crippen molar-refractivity contribution in [1.29, 1.82) is 0 Å². The van der Waals surface area contributed by atoms with Crippen molar-refractivity contribution in [2.75, 3.05) is 6.61 Å². The SMILES string of the molecule is CCOC(=O)N[C@H](C(=O)O[C@@H](C)c1cccc(-n2cnnn2)c1)C(C)C. The highest BCUT2D eigenvalue weighted by Gasteiger charge is 2.28. The van der Waals surface area contributed by atoms with Gasteiger partial charge in [-0.3, -0.25) is 0 Å². The molecular formula is C17H23N5O4. The van der Waals surface area contributed by atoms with Gasteiger partial charge in [0, 0.05) is 0 Å². The average Bonchev–Trinajstić information content (AvgIpc) is 3.14. The number of rotatable bonds is 7. The standard InChI is InChI=1S/C17H23N5O4/c1-5-25-17(24)19-15(11(2)3)16(23)26-12(4)13-7-6-8-14(9-13)22-10-18-20-21-22/h6-12,15H,5H2,1-4H3,(H,19,24)/t12-,15-/m0/s1. The molecule has 0 fully saturated rings. The van der Waals surface area contributed by atoms with E-state index < -0.39 is 24.2 Å². The fourth-order valence-corrected chi connectivity index (χ4v) is 2.31. The lowest BCUT2D eigenvalue weighted by molar-refractivity contribution is -0.152. The Morgan fingerprint density at radius 2 is 2.04 bits per heavy atom. The molecule has 1 aromatic carbocycles. The molecule has 9 heteroatoms. The van der Waals surface area contributed by atoms with Crippen molar-refractivity contribution in [2.24, 2.45) is 5.92 Å². The van der Waals surface area contributed by atoms with Crippen molar-refractivity contribution in [3.05, 3.63) is 36.2 Å². The van der Waals surface area contributed by atoms with E-state index in [2.05, 4.69) is 20.8 Å². The summed E-state index contributed by atoms with van der Waals surface area (Å²) >= 11 is 0. The number of carbonyl (C=O) groups excluding carboxylic acids is 2. The molecular weight excluding hydrogens is 338 g/mol. The highest BCUT2D eigenvalue weighted by molar-refractivity contribution is 5.81. The van der Waals surface area contributed by atoms with Gasteiger partial charge in [-0.25, -0.2) is 14.3 Å². The van der Waals surface area contributed by atoms with Crippen LogP contribution in [0.1, 0.15) is 39.4 Å². The zero-order chi connectivity index (χ0) is 19.1. The van der Waals surface area contributed by atoms with Crippen LogP contribution in [0.3, 0.4) is 0 Å². The molecule has 140 valence electrons. The predicted molar refractivity (Wildman–Crippen MR) is 92.4 cm³/mol. The van der Waals surface area contributed by atoms with Crippen LogP contribution in [0.2, 0.25) is 0 Å². The van der Waals surface area contributed by atoms with Crippen molar-refractivity contribution in [3.8, 4) is 5.69 Å². The van der Waals surface area contributed by atoms with E-state index in [4.69, 9.17) is 9.47 Å². The van der Waals surface area contributed by atoms with Gasteiger partial charge in [0.25, 0.3) is 0 Å². The van der Waals surface area contributed by atoms with Crippen LogP contribution in [0, 0.1) is 5.92 Å². The first-order valence-electron chi connectivity index (χ1n) is 8.39. The summed E-state index contributed by atoms with van der Waals surface area (Å²) in [7, 11) is 0. The molecule has 0 aliphatic heterocycles. The molecule has 2 atom stereocenters. The van der Waals surface area contributed by atoms with Gasteiger partial charge >= 0.3 is 12.1 Å². The van der Waals surface area contributed by atoms with Gasteiger partial charge in [-0.1, -0.05) is 26.0 Å². The Hall–Kier alpha value is -2.97. The van der Waals surface area contributed by atoms with Gasteiger partial charge < -0.3 is 14.8 Å². The van der Waals surface area contributed by atoms with E-state index in [1.807, 2.05) is 38.1 Å². The first-order chi connectivity index (χ1) is 12.4. The predicted octanol–water partition coefficient (Wildman–Crippen LogP) is 2.04. The Kier molecular flexibility index (Phi) is 6.65. The van der Waals surface area contributed by atoms with Crippen LogP contribution in [0.5, 0.6) is 0 Å². The molecule has 1 aromatic heterocycles. The van der Waals surface area contributed by atoms with Gasteiger partial charge in [-0.2, -0.15) is 0 Å². The third-order valence-corrected chi connectivity index (χ3v) is 3.72. The van der Waals surface area contributed by atoms with Crippen LogP contribution < -0.4 is 5.32 Å². The van der Waals surface area contributed by atoms with Crippen molar-refractivity contribution in [2.45, 2.75) is 39.8 Å². The van der Waals surface area contributed by atoms with Gasteiger partial charge in [-0.15, -0.1) is 5.10 Å². The summed E-state index contributed by atoms with van der Waals surface area (Å²) in [5.74, 6) is -0.667. The topological polar surface area (TPSA) is 108 Å². The molecule has 1 heterocycles. The number of amides is 1. The van der Waals surface area contributed by atoms with Crippen LogP contribution in [-0.4, -0.2) is 44.9 Å². The monoisotopic (exact) mass is 361 g/mol. The summed E-state index contributed by atoms with van der Waals surface area (Å²) in [6.07, 6.45) is 0.328. The maximum absolute atomic E-state index is 12.5. The molecule has 0 unspecified atom stereocenters. The summed E-state index contributed by atoms with van der Waals surface area (Å²) in [5, 5.41) is 13.6. The number of aromatic nitrogens is 4. The minimum atomic E-state index is -0.792. The molecule has 0 aliphatic rings. The Balaban J connectivity index is 2.07. The molecule has 9 nitrogen and oxygen atoms in total. The van der Waals surface area contributed by atoms with Crippen LogP contribution in [0.15, 0.2) is 30.6 Å². The van der Waals surface area contributed by atoms with Gasteiger partial charge in [-0.05, 0) is 47.9 Å². The van der Waals surface area contributed by atoms with Gasteiger partial charge in [0.15, 0.2) is 0 Å². The smallest absolute Gasteiger partial charge is 0.407 e. The number of nitrogens with one attached hydrogen (secondary N) is 1. The Bertz CT molecular complexity index is 733. The van der Waals surface area contributed by atoms with Crippen molar-refractivity contribution < 1.29 is 19.1 Å². The van der Waals surface area contributed by atoms with Crippen molar-refractivity contribution in [3.63, 3.8) is 0 Å². The zero-order valence-electron chi connectivity index (χ0n) is 15.2. The molecule has 2 rings (SSSR count). The Morgan fingerprint density at radius 3 is 2.65 bits per heavy atom. The summed E-state index contributed by atoms with van der Waals surface area (Å²) in [6, 6.07) is 6.55. The molecule has 0 aliphatic carbocycles. The molecule has 1 amide bonds. The number of nitrogens with zero attached hydrogens (tertiary/aromatic N) is 4. The summed E-state index contributed by atoms with van der Waals surface area (Å²) in [6.45, 7) is 7.33. The largest absolute Gasteiger partial charge is 0.456 e. The highest BCUT2D eigenvalue weighted by atomic mass is 16.6. The van der Waals surface area contributed by atoms with E-state index in [1.165, 1.54) is 11.0 Å². The van der Waals surface area contributed by atoms with Gasteiger partial charge in [0.1, 0.15) is 18.5 Å². The number of hydrogen-bond donors (Lipinski definition) is 1. The number of tetrazole rings is 1. The maximum Gasteiger partial charge on any atom is 0.407 e. The second-order valence-corrected chi connectivity index (χ2v) is 6.01. The van der Waals surface area contributed by atoms with E-state index in [0.29, 0.717) is 0 Å². The molecule has 0 spiro atoms. The van der Waals surface area contributed by atoms with E-state index in [0.717, 1.165) is 11.3 Å². The second kappa shape index (κ2) is 8.93. The quantitative estimate of drug-likeness (QED) is 0.752. The normalized spacial score (nSPS) is 13.1. The summed E-state index contributed by atoms with van der Waals surface area (Å²) < 4.78 is 11.9. The first-order valence-corrected chi connectivity index (χ1v) is 8.39. The van der Waals surface area contributed by atoms with E-state index in [9.17, 15) is 9.59 Å². The third-order valence-electron chi connectivity index (χ3n) is 3.72. The molecule has 26 heavy (non-hydrogen) atoms. The minimum Gasteiger partial charge on any atom is -0.456 e. The fourth-order valence-electron chi connectivity index (χ4n) is 2.31. The molecule has 2 aromatic rings. The lowest BCUT2D eigenvalue weighted by atomic mass is 10.0. The second-order valence-electron chi connectivity index (χ2n) is 6.01. The molecule has 0 saturated carbocycles. The highest BCUT2D eigenvalue weighted by Crippen LogP contribution is 2.21. The number of hydrogen-bond acceptors (Lipinski definition) is 7. The fraction of sp³-hybridized carbons (Fsp3) is 0.471. The van der Waals surface area contributed by atoms with Crippen LogP contribution >= 0.6 is 0 Å². The number of carbonyl (C=O) groups is 2. The van der Waals surface area contributed by atoms with Crippen LogP contribution in [0.4, 0.5) is 4.79 Å². The minimum absolute atomic E-state index is 0.147. The average molecular weight is 361 g/mol. The van der Waals surface area contributed by atoms with E-state index >= 15 is 0 Å². The third kappa shape index (κ3) is 5.01. The van der Waals surface area contributed by atoms with Crippen molar-refractivity contribution in [1.82, 2.24) is 25.5 Å². The zero-order valence-corrected chi connectivity index (χ0v) is 15.2. The molecule has 0 bridgehead atoms. The van der Waals surface area contributed by atoms with E-state index in [-0.39, 0.29) is 12.5 Å². The lowest BCUT2D eigenvalue weighted by Crippen LogP contribution is -2.45. The number of esters is 1. The van der Waals surface area contributed by atoms with E-state index in [1.54, 1.807) is 13.8 Å². The van der Waals surface area contributed by atoms with Crippen LogP contribution in [0.25, 0.3) is 5.69 Å². The Labute approximate surface area is 151 Å². The van der Waals surface area contributed by atoms with Gasteiger partial charge in [0.2, 0.25) is 0 Å². The number of alkyl carbamates (subject to hydrolysis) is 1. The summed E-state index contributed by atoms with van der Waals surface area (Å²) in [5.41, 5.74) is 1.53. The van der Waals surface area contributed by atoms with Crippen LogP contribution in [-0.2, 0) is 14.3 Å². The maximum atomic E-state index is 12.5. The number of benzene rings is 1. The molecule has 0 radical (unpaired) electrons. The molecule has 1 N–H and O–H groups in total. The molecule has 0 saturated heterocycles. The van der Waals surface area contributed by atoms with Crippen molar-refractivity contribution >= 4 is 12.1 Å². The Morgan fingerprint density at radius 1 is 1.27 bits per heavy atom. The first kappa shape index (κ1) is 19.4. The number of ether oxygens (including phenoxy) is 2.